The fraction of sp³-hybridized carbons (Fsp3) is 0.368. The maximum absolute atomic E-state index is 6.42. The maximum atomic E-state index is 6.42. The molecule has 3 nitrogen and oxygen atoms in total. The summed E-state index contributed by atoms with van der Waals surface area (Å²) < 4.78 is 11.4. The molecule has 116 valence electrons. The second kappa shape index (κ2) is 6.41. The van der Waals surface area contributed by atoms with Crippen molar-refractivity contribution in [1.82, 2.24) is 0 Å². The largest absolute Gasteiger partial charge is 0.490 e. The minimum Gasteiger partial charge on any atom is -0.490 e. The second-order valence-electron chi connectivity index (χ2n) is 6.06. The minimum absolute atomic E-state index is 0.154. The lowest BCUT2D eigenvalue weighted by Gasteiger charge is -2.16. The number of ether oxygens (including phenoxy) is 2. The summed E-state index contributed by atoms with van der Waals surface area (Å²) in [6, 6.07) is 14.4. The molecule has 0 aliphatic carbocycles. The standard InChI is InChI=1S/C19H23NO2/c1-13(2)14-4-6-15(7-5-14)19(20)16-8-9-17-18(12-16)22-11-3-10-21-17/h4-9,12-13,19H,3,10-11,20H2,1-2H3. The van der Waals surface area contributed by atoms with Gasteiger partial charge in [0.15, 0.2) is 11.5 Å². The number of nitrogens with two attached hydrogens (primary N) is 1. The lowest BCUT2D eigenvalue weighted by Crippen LogP contribution is -2.12. The van der Waals surface area contributed by atoms with Gasteiger partial charge in [0.1, 0.15) is 0 Å². The lowest BCUT2D eigenvalue weighted by molar-refractivity contribution is 0.297. The molecule has 2 aromatic rings. The van der Waals surface area contributed by atoms with Crippen molar-refractivity contribution in [3.8, 4) is 11.5 Å². The number of benzene rings is 2. The summed E-state index contributed by atoms with van der Waals surface area (Å²) in [5.74, 6) is 2.14. The molecular formula is C19H23NO2. The number of fused-ring (bicyclic) bond motifs is 1. The van der Waals surface area contributed by atoms with Crippen LogP contribution in [0.1, 0.15) is 48.9 Å². The molecule has 1 aliphatic rings. The summed E-state index contributed by atoms with van der Waals surface area (Å²) in [6.45, 7) is 5.78. The molecule has 3 rings (SSSR count). The Morgan fingerprint density at radius 1 is 0.818 bits per heavy atom. The Morgan fingerprint density at radius 3 is 2.09 bits per heavy atom. The topological polar surface area (TPSA) is 44.5 Å². The van der Waals surface area contributed by atoms with E-state index in [0.29, 0.717) is 19.1 Å². The molecule has 0 bridgehead atoms. The van der Waals surface area contributed by atoms with Crippen molar-refractivity contribution < 1.29 is 9.47 Å². The fourth-order valence-corrected chi connectivity index (χ4v) is 2.65. The van der Waals surface area contributed by atoms with Crippen LogP contribution in [0.3, 0.4) is 0 Å². The summed E-state index contributed by atoms with van der Waals surface area (Å²) in [6.07, 6.45) is 0.909. The molecule has 0 fully saturated rings. The maximum Gasteiger partial charge on any atom is 0.161 e. The first-order chi connectivity index (χ1) is 10.6. The van der Waals surface area contributed by atoms with Gasteiger partial charge in [-0.05, 0) is 34.7 Å². The highest BCUT2D eigenvalue weighted by molar-refractivity contribution is 5.46. The molecule has 1 heterocycles. The quantitative estimate of drug-likeness (QED) is 0.930. The first-order valence-corrected chi connectivity index (χ1v) is 7.90. The van der Waals surface area contributed by atoms with Crippen LogP contribution >= 0.6 is 0 Å². The SMILES string of the molecule is CC(C)c1ccc(C(N)c2ccc3c(c2)OCCCO3)cc1. The molecule has 1 aliphatic heterocycles. The Morgan fingerprint density at radius 2 is 1.41 bits per heavy atom. The first kappa shape index (κ1) is 14.9. The molecule has 2 N–H and O–H groups in total. The van der Waals surface area contributed by atoms with Crippen molar-refractivity contribution in [1.29, 1.82) is 0 Å². The third-order valence-electron chi connectivity index (χ3n) is 4.09. The third-order valence-corrected chi connectivity index (χ3v) is 4.09. The smallest absolute Gasteiger partial charge is 0.161 e. The summed E-state index contributed by atoms with van der Waals surface area (Å²) >= 11 is 0. The van der Waals surface area contributed by atoms with Crippen LogP contribution in [0.2, 0.25) is 0 Å². The fourth-order valence-electron chi connectivity index (χ4n) is 2.65. The van der Waals surface area contributed by atoms with Crippen LogP contribution in [0.5, 0.6) is 11.5 Å². The predicted octanol–water partition coefficient (Wildman–Crippen LogP) is 4.02. The van der Waals surface area contributed by atoms with Gasteiger partial charge >= 0.3 is 0 Å². The zero-order valence-corrected chi connectivity index (χ0v) is 13.2. The summed E-state index contributed by atoms with van der Waals surface area (Å²) in [5.41, 5.74) is 9.90. The highest BCUT2D eigenvalue weighted by Gasteiger charge is 2.15. The van der Waals surface area contributed by atoms with Gasteiger partial charge in [0.05, 0.1) is 19.3 Å². The highest BCUT2D eigenvalue weighted by Crippen LogP contribution is 2.33. The number of hydrogen-bond donors (Lipinski definition) is 1. The molecule has 0 saturated carbocycles. The van der Waals surface area contributed by atoms with E-state index in [9.17, 15) is 0 Å². The Bertz CT molecular complexity index is 634. The lowest BCUT2D eigenvalue weighted by atomic mass is 9.95. The molecule has 0 amide bonds. The monoisotopic (exact) mass is 297 g/mol. The average molecular weight is 297 g/mol. The van der Waals surface area contributed by atoms with Crippen LogP contribution in [0, 0.1) is 0 Å². The van der Waals surface area contributed by atoms with E-state index < -0.39 is 0 Å². The molecular weight excluding hydrogens is 274 g/mol. The van der Waals surface area contributed by atoms with Gasteiger partial charge in [-0.3, -0.25) is 0 Å². The van der Waals surface area contributed by atoms with Gasteiger partial charge in [0.2, 0.25) is 0 Å². The third kappa shape index (κ3) is 3.09. The highest BCUT2D eigenvalue weighted by atomic mass is 16.5. The zero-order chi connectivity index (χ0) is 15.5. The van der Waals surface area contributed by atoms with Crippen LogP contribution in [-0.4, -0.2) is 13.2 Å². The molecule has 0 saturated heterocycles. The Hall–Kier alpha value is -2.00. The molecule has 2 aromatic carbocycles. The van der Waals surface area contributed by atoms with E-state index in [1.54, 1.807) is 0 Å². The molecule has 1 atom stereocenters. The van der Waals surface area contributed by atoms with E-state index in [1.165, 1.54) is 5.56 Å². The van der Waals surface area contributed by atoms with Crippen LogP contribution in [-0.2, 0) is 0 Å². The van der Waals surface area contributed by atoms with Crippen molar-refractivity contribution in [2.45, 2.75) is 32.2 Å². The van der Waals surface area contributed by atoms with Crippen LogP contribution in [0.15, 0.2) is 42.5 Å². The van der Waals surface area contributed by atoms with Gasteiger partial charge in [-0.15, -0.1) is 0 Å². The van der Waals surface area contributed by atoms with Gasteiger partial charge in [-0.2, -0.15) is 0 Å². The average Bonchev–Trinajstić information content (AvgIpc) is 2.78. The van der Waals surface area contributed by atoms with E-state index >= 15 is 0 Å². The van der Waals surface area contributed by atoms with Crippen molar-refractivity contribution in [3.63, 3.8) is 0 Å². The predicted molar refractivity (Wildman–Crippen MR) is 88.6 cm³/mol. The zero-order valence-electron chi connectivity index (χ0n) is 13.2. The number of hydrogen-bond acceptors (Lipinski definition) is 3. The Labute approximate surface area is 132 Å². The Balaban J connectivity index is 1.85. The van der Waals surface area contributed by atoms with Crippen LogP contribution in [0.4, 0.5) is 0 Å². The van der Waals surface area contributed by atoms with Crippen LogP contribution < -0.4 is 15.2 Å². The van der Waals surface area contributed by atoms with E-state index in [0.717, 1.165) is 29.0 Å². The Kier molecular flexibility index (Phi) is 4.34. The van der Waals surface area contributed by atoms with E-state index in [4.69, 9.17) is 15.2 Å². The summed E-state index contributed by atoms with van der Waals surface area (Å²) in [5, 5.41) is 0. The van der Waals surface area contributed by atoms with Crippen molar-refractivity contribution in [2.24, 2.45) is 5.73 Å². The molecule has 3 heteroatoms. The van der Waals surface area contributed by atoms with E-state index in [2.05, 4.69) is 38.1 Å². The van der Waals surface area contributed by atoms with E-state index in [-0.39, 0.29) is 6.04 Å². The van der Waals surface area contributed by atoms with Gasteiger partial charge in [-0.1, -0.05) is 44.2 Å². The van der Waals surface area contributed by atoms with E-state index in [1.807, 2.05) is 18.2 Å². The van der Waals surface area contributed by atoms with Gasteiger partial charge in [0, 0.05) is 6.42 Å². The summed E-state index contributed by atoms with van der Waals surface area (Å²) in [4.78, 5) is 0. The van der Waals surface area contributed by atoms with Gasteiger partial charge in [-0.25, -0.2) is 0 Å². The van der Waals surface area contributed by atoms with Gasteiger partial charge < -0.3 is 15.2 Å². The molecule has 0 radical (unpaired) electrons. The molecule has 0 spiro atoms. The molecule has 1 unspecified atom stereocenters. The molecule has 22 heavy (non-hydrogen) atoms. The first-order valence-electron chi connectivity index (χ1n) is 7.90. The second-order valence-corrected chi connectivity index (χ2v) is 6.06. The van der Waals surface area contributed by atoms with Crippen molar-refractivity contribution >= 4 is 0 Å². The van der Waals surface area contributed by atoms with Gasteiger partial charge in [0.25, 0.3) is 0 Å². The normalized spacial score (nSPS) is 15.5. The van der Waals surface area contributed by atoms with Crippen molar-refractivity contribution in [2.75, 3.05) is 13.2 Å². The minimum atomic E-state index is -0.154. The van der Waals surface area contributed by atoms with Crippen molar-refractivity contribution in [3.05, 3.63) is 59.2 Å². The molecule has 0 aromatic heterocycles. The van der Waals surface area contributed by atoms with Crippen LogP contribution in [0.25, 0.3) is 0 Å². The summed E-state index contributed by atoms with van der Waals surface area (Å²) in [7, 11) is 0. The number of rotatable bonds is 3.